The van der Waals surface area contributed by atoms with E-state index in [-0.39, 0.29) is 24.7 Å². The first kappa shape index (κ1) is 15.6. The summed E-state index contributed by atoms with van der Waals surface area (Å²) in [5.74, 6) is 0.227. The second kappa shape index (κ2) is 6.83. The molecule has 0 bridgehead atoms. The molecule has 2 aromatic rings. The molecule has 0 spiro atoms. The molecule has 1 aliphatic rings. The van der Waals surface area contributed by atoms with Gasteiger partial charge in [0.25, 0.3) is 5.91 Å². The first-order chi connectivity index (χ1) is 11.2. The molecule has 0 saturated carbocycles. The van der Waals surface area contributed by atoms with E-state index in [9.17, 15) is 9.59 Å². The van der Waals surface area contributed by atoms with Gasteiger partial charge in [0, 0.05) is 30.2 Å². The first-order valence-electron chi connectivity index (χ1n) is 7.78. The highest BCUT2D eigenvalue weighted by Crippen LogP contribution is 2.29. The number of carbonyl (C=O) groups excluding carboxylic acids is 1. The van der Waals surface area contributed by atoms with E-state index >= 15 is 0 Å². The molecule has 0 radical (unpaired) electrons. The van der Waals surface area contributed by atoms with Crippen LogP contribution < -0.4 is 15.7 Å². The van der Waals surface area contributed by atoms with Gasteiger partial charge < -0.3 is 19.6 Å². The predicted octanol–water partition coefficient (Wildman–Crippen LogP) is 1.16. The van der Waals surface area contributed by atoms with E-state index in [1.807, 2.05) is 6.07 Å². The van der Waals surface area contributed by atoms with Gasteiger partial charge in [0.15, 0.2) is 6.61 Å². The van der Waals surface area contributed by atoms with Crippen molar-refractivity contribution in [2.24, 2.45) is 0 Å². The summed E-state index contributed by atoms with van der Waals surface area (Å²) in [6, 6.07) is 5.31. The Morgan fingerprint density at radius 2 is 2.13 bits per heavy atom. The van der Waals surface area contributed by atoms with Gasteiger partial charge in [-0.05, 0) is 43.4 Å². The number of ether oxygens (including phenoxy) is 1. The van der Waals surface area contributed by atoms with Crippen molar-refractivity contribution < 1.29 is 19.1 Å². The summed E-state index contributed by atoms with van der Waals surface area (Å²) >= 11 is 0. The minimum absolute atomic E-state index is 0.0369. The molecule has 6 heteroatoms. The molecule has 0 aliphatic heterocycles. The second-order valence-corrected chi connectivity index (χ2v) is 5.57. The fraction of sp³-hybridized carbons (Fsp3) is 0.412. The Morgan fingerprint density at radius 1 is 1.30 bits per heavy atom. The third-order valence-corrected chi connectivity index (χ3v) is 3.97. The minimum atomic E-state index is -0.274. The lowest BCUT2D eigenvalue weighted by molar-refractivity contribution is -0.123. The molecule has 1 heterocycles. The van der Waals surface area contributed by atoms with E-state index < -0.39 is 0 Å². The zero-order chi connectivity index (χ0) is 16.2. The molecule has 0 saturated heterocycles. The molecule has 2 N–H and O–H groups in total. The van der Waals surface area contributed by atoms with Crippen LogP contribution in [0.3, 0.4) is 0 Å². The molecule has 3 rings (SSSR count). The molecule has 1 amide bonds. The highest BCUT2D eigenvalue weighted by Gasteiger charge is 2.19. The number of hydrogen-bond donors (Lipinski definition) is 2. The Labute approximate surface area is 133 Å². The fourth-order valence-corrected chi connectivity index (χ4v) is 2.86. The predicted molar refractivity (Wildman–Crippen MR) is 84.7 cm³/mol. The number of aryl methyl sites for hydroxylation is 1. The van der Waals surface area contributed by atoms with Crippen molar-refractivity contribution in [3.63, 3.8) is 0 Å². The summed E-state index contributed by atoms with van der Waals surface area (Å²) in [6.45, 7) is 0.332. The lowest BCUT2D eigenvalue weighted by Gasteiger charge is -2.09. The summed E-state index contributed by atoms with van der Waals surface area (Å²) in [6.07, 6.45) is 3.16. The smallest absolute Gasteiger partial charge is 0.339 e. The van der Waals surface area contributed by atoms with Crippen LogP contribution in [0.5, 0.6) is 5.75 Å². The molecular formula is C17H19NO5. The Kier molecular flexibility index (Phi) is 4.62. The van der Waals surface area contributed by atoms with Gasteiger partial charge in [0.1, 0.15) is 11.3 Å². The molecule has 6 nitrogen and oxygen atoms in total. The van der Waals surface area contributed by atoms with Gasteiger partial charge in [-0.15, -0.1) is 0 Å². The fourth-order valence-electron chi connectivity index (χ4n) is 2.86. The average Bonchev–Trinajstić information content (AvgIpc) is 3.03. The zero-order valence-electron chi connectivity index (χ0n) is 12.8. The number of fused-ring (bicyclic) bond motifs is 3. The maximum Gasteiger partial charge on any atom is 0.339 e. The zero-order valence-corrected chi connectivity index (χ0v) is 12.8. The molecule has 0 atom stereocenters. The lowest BCUT2D eigenvalue weighted by Crippen LogP contribution is -2.30. The summed E-state index contributed by atoms with van der Waals surface area (Å²) in [7, 11) is 0. The van der Waals surface area contributed by atoms with Crippen LogP contribution in [0.1, 0.15) is 24.0 Å². The van der Waals surface area contributed by atoms with Crippen LogP contribution in [0.4, 0.5) is 0 Å². The Balaban J connectivity index is 1.72. The second-order valence-electron chi connectivity index (χ2n) is 5.57. The van der Waals surface area contributed by atoms with E-state index in [4.69, 9.17) is 14.3 Å². The van der Waals surface area contributed by atoms with Crippen LogP contribution in [-0.2, 0) is 17.6 Å². The van der Waals surface area contributed by atoms with E-state index in [1.165, 1.54) is 0 Å². The number of nitrogens with one attached hydrogen (secondary N) is 1. The van der Waals surface area contributed by atoms with E-state index in [2.05, 4.69) is 5.32 Å². The highest BCUT2D eigenvalue weighted by atomic mass is 16.5. The third kappa shape index (κ3) is 3.37. The number of carbonyl (C=O) groups is 1. The van der Waals surface area contributed by atoms with Gasteiger partial charge in [-0.1, -0.05) is 0 Å². The first-order valence-corrected chi connectivity index (χ1v) is 7.78. The normalized spacial score (nSPS) is 13.1. The van der Waals surface area contributed by atoms with Crippen LogP contribution in [0.2, 0.25) is 0 Å². The largest absolute Gasteiger partial charge is 0.484 e. The van der Waals surface area contributed by atoms with Gasteiger partial charge in [-0.2, -0.15) is 0 Å². The molecule has 122 valence electrons. The van der Waals surface area contributed by atoms with E-state index in [0.29, 0.717) is 24.3 Å². The van der Waals surface area contributed by atoms with Crippen LogP contribution in [0.15, 0.2) is 27.4 Å². The van der Waals surface area contributed by atoms with Gasteiger partial charge in [0.05, 0.1) is 0 Å². The number of amides is 1. The van der Waals surface area contributed by atoms with Gasteiger partial charge in [-0.3, -0.25) is 4.79 Å². The van der Waals surface area contributed by atoms with Crippen LogP contribution in [-0.4, -0.2) is 30.8 Å². The topological polar surface area (TPSA) is 88.8 Å². The Morgan fingerprint density at radius 3 is 2.96 bits per heavy atom. The van der Waals surface area contributed by atoms with Crippen molar-refractivity contribution >= 4 is 16.9 Å². The van der Waals surface area contributed by atoms with Crippen molar-refractivity contribution in [3.05, 3.63) is 39.7 Å². The van der Waals surface area contributed by atoms with E-state index in [0.717, 1.165) is 35.8 Å². The third-order valence-electron chi connectivity index (χ3n) is 3.97. The number of benzene rings is 1. The van der Waals surface area contributed by atoms with Crippen molar-refractivity contribution in [2.45, 2.75) is 25.7 Å². The molecule has 23 heavy (non-hydrogen) atoms. The van der Waals surface area contributed by atoms with Gasteiger partial charge in [-0.25, -0.2) is 4.79 Å². The quantitative estimate of drug-likeness (QED) is 0.616. The van der Waals surface area contributed by atoms with Crippen molar-refractivity contribution in [2.75, 3.05) is 19.8 Å². The van der Waals surface area contributed by atoms with Crippen LogP contribution in [0, 0.1) is 0 Å². The summed E-state index contributed by atoms with van der Waals surface area (Å²) < 4.78 is 10.8. The standard InChI is InChI=1S/C17H19NO5/c19-8-2-7-18-16(20)10-22-11-5-6-13-12-3-1-4-14(12)17(21)23-15(13)9-11/h5-6,9,19H,1-4,7-8,10H2,(H,18,20). The molecule has 1 aromatic carbocycles. The number of aliphatic hydroxyl groups is 1. The van der Waals surface area contributed by atoms with E-state index in [1.54, 1.807) is 12.1 Å². The van der Waals surface area contributed by atoms with Gasteiger partial charge in [0.2, 0.25) is 0 Å². The monoisotopic (exact) mass is 317 g/mol. The molecule has 1 aromatic heterocycles. The Hall–Kier alpha value is -2.34. The van der Waals surface area contributed by atoms with Crippen LogP contribution >= 0.6 is 0 Å². The van der Waals surface area contributed by atoms with Crippen molar-refractivity contribution in [1.29, 1.82) is 0 Å². The lowest BCUT2D eigenvalue weighted by atomic mass is 10.1. The molecule has 0 fully saturated rings. The summed E-state index contributed by atoms with van der Waals surface area (Å²) in [5, 5.41) is 12.2. The average molecular weight is 317 g/mol. The maximum atomic E-state index is 12.0. The molecule has 1 aliphatic carbocycles. The Bertz CT molecular complexity index is 780. The SMILES string of the molecule is O=C(COc1ccc2c3c(c(=O)oc2c1)CCC3)NCCCO. The maximum absolute atomic E-state index is 12.0. The molecular weight excluding hydrogens is 298 g/mol. The summed E-state index contributed by atoms with van der Waals surface area (Å²) in [5.41, 5.74) is 2.08. The number of aliphatic hydroxyl groups excluding tert-OH is 1. The highest BCUT2D eigenvalue weighted by molar-refractivity contribution is 5.83. The molecule has 0 unspecified atom stereocenters. The van der Waals surface area contributed by atoms with Crippen LogP contribution in [0.25, 0.3) is 11.0 Å². The number of hydrogen-bond acceptors (Lipinski definition) is 5. The van der Waals surface area contributed by atoms with Crippen molar-refractivity contribution in [3.8, 4) is 5.75 Å². The van der Waals surface area contributed by atoms with Gasteiger partial charge >= 0.3 is 5.63 Å². The summed E-state index contributed by atoms with van der Waals surface area (Å²) in [4.78, 5) is 23.5. The minimum Gasteiger partial charge on any atom is -0.484 e. The van der Waals surface area contributed by atoms with Crippen molar-refractivity contribution in [1.82, 2.24) is 5.32 Å². The number of rotatable bonds is 6.